The van der Waals surface area contributed by atoms with E-state index in [1.165, 1.54) is 7.11 Å². The van der Waals surface area contributed by atoms with Crippen molar-refractivity contribution in [3.63, 3.8) is 0 Å². The number of hydrogen-bond donors (Lipinski definition) is 2. The van der Waals surface area contributed by atoms with Crippen LogP contribution in [0.5, 0.6) is 5.75 Å². The molecular formula is C21H22BrN3O4. The first-order valence-electron chi connectivity index (χ1n) is 9.24. The zero-order chi connectivity index (χ0) is 21.0. The normalized spacial score (nSPS) is 14.4. The molecule has 0 spiro atoms. The van der Waals surface area contributed by atoms with Crippen LogP contribution in [0.25, 0.3) is 0 Å². The van der Waals surface area contributed by atoms with Crippen molar-refractivity contribution in [2.24, 2.45) is 0 Å². The molecule has 0 saturated carbocycles. The van der Waals surface area contributed by atoms with Crippen LogP contribution in [0.3, 0.4) is 0 Å². The van der Waals surface area contributed by atoms with Gasteiger partial charge in [-0.2, -0.15) is 0 Å². The first-order valence-corrected chi connectivity index (χ1v) is 10.0. The topological polar surface area (TPSA) is 87.7 Å². The molecular weight excluding hydrogens is 438 g/mol. The van der Waals surface area contributed by atoms with Crippen molar-refractivity contribution in [2.75, 3.05) is 23.9 Å². The van der Waals surface area contributed by atoms with Crippen LogP contribution in [0.4, 0.5) is 11.4 Å². The molecule has 2 aromatic rings. The van der Waals surface area contributed by atoms with E-state index in [2.05, 4.69) is 26.6 Å². The van der Waals surface area contributed by atoms with E-state index in [9.17, 15) is 14.4 Å². The lowest BCUT2D eigenvalue weighted by atomic mass is 10.2. The fourth-order valence-corrected chi connectivity index (χ4v) is 3.34. The Kier molecular flexibility index (Phi) is 6.53. The van der Waals surface area contributed by atoms with Crippen LogP contribution >= 0.6 is 15.9 Å². The van der Waals surface area contributed by atoms with Crippen LogP contribution in [-0.4, -0.2) is 37.4 Å². The summed E-state index contributed by atoms with van der Waals surface area (Å²) in [6.07, 6.45) is 1.34. The van der Waals surface area contributed by atoms with Gasteiger partial charge in [0.15, 0.2) is 0 Å². The number of hydrogen-bond acceptors (Lipinski definition) is 4. The van der Waals surface area contributed by atoms with Crippen molar-refractivity contribution >= 4 is 45.0 Å². The Morgan fingerprint density at radius 3 is 2.52 bits per heavy atom. The predicted octanol–water partition coefficient (Wildman–Crippen LogP) is 3.34. The van der Waals surface area contributed by atoms with Crippen LogP contribution in [0.1, 0.15) is 30.1 Å². The van der Waals surface area contributed by atoms with Crippen molar-refractivity contribution in [1.29, 1.82) is 0 Å². The summed E-state index contributed by atoms with van der Waals surface area (Å²) in [5.41, 5.74) is 1.67. The largest absolute Gasteiger partial charge is 0.494 e. The molecule has 7 nitrogen and oxygen atoms in total. The molecule has 8 heteroatoms. The molecule has 0 aliphatic carbocycles. The maximum Gasteiger partial charge on any atom is 0.251 e. The molecule has 2 N–H and O–H groups in total. The number of methoxy groups -OCH3 is 1. The third kappa shape index (κ3) is 4.95. The van der Waals surface area contributed by atoms with Crippen LogP contribution in [0, 0.1) is 0 Å². The van der Waals surface area contributed by atoms with E-state index < -0.39 is 6.04 Å². The molecule has 152 valence electrons. The number of carbonyl (C=O) groups excluding carboxylic acids is 3. The van der Waals surface area contributed by atoms with Gasteiger partial charge >= 0.3 is 0 Å². The molecule has 0 radical (unpaired) electrons. The highest BCUT2D eigenvalue weighted by Gasteiger charge is 2.25. The highest BCUT2D eigenvalue weighted by molar-refractivity contribution is 9.10. The number of anilines is 2. The van der Waals surface area contributed by atoms with Crippen LogP contribution in [-0.2, 0) is 9.59 Å². The van der Waals surface area contributed by atoms with Crippen LogP contribution in [0.15, 0.2) is 46.9 Å². The summed E-state index contributed by atoms with van der Waals surface area (Å²) in [4.78, 5) is 38.4. The second-order valence-corrected chi connectivity index (χ2v) is 7.64. The summed E-state index contributed by atoms with van der Waals surface area (Å²) in [5.74, 6) is -0.128. The van der Waals surface area contributed by atoms with Crippen molar-refractivity contribution in [3.8, 4) is 5.75 Å². The number of benzene rings is 2. The predicted molar refractivity (Wildman–Crippen MR) is 114 cm³/mol. The summed E-state index contributed by atoms with van der Waals surface area (Å²) in [6.45, 7) is 2.26. The monoisotopic (exact) mass is 459 g/mol. The van der Waals surface area contributed by atoms with E-state index in [-0.39, 0.29) is 17.7 Å². The van der Waals surface area contributed by atoms with E-state index in [1.54, 1.807) is 54.3 Å². The number of nitrogens with zero attached hydrogens (tertiary/aromatic N) is 1. The van der Waals surface area contributed by atoms with Gasteiger partial charge in [-0.25, -0.2) is 0 Å². The van der Waals surface area contributed by atoms with Crippen LogP contribution in [0.2, 0.25) is 0 Å². The number of nitrogens with one attached hydrogen (secondary N) is 2. The maximum absolute atomic E-state index is 12.5. The molecule has 0 aromatic heterocycles. The van der Waals surface area contributed by atoms with Gasteiger partial charge in [0.25, 0.3) is 5.91 Å². The molecule has 3 amide bonds. The Morgan fingerprint density at radius 1 is 1.17 bits per heavy atom. The Balaban J connectivity index is 1.65. The Bertz CT molecular complexity index is 930. The molecule has 29 heavy (non-hydrogen) atoms. The summed E-state index contributed by atoms with van der Waals surface area (Å²) in [7, 11) is 1.52. The van der Waals surface area contributed by atoms with Crippen LogP contribution < -0.4 is 20.3 Å². The van der Waals surface area contributed by atoms with Crippen molar-refractivity contribution in [2.45, 2.75) is 25.8 Å². The lowest BCUT2D eigenvalue weighted by Gasteiger charge is -2.20. The Morgan fingerprint density at radius 2 is 1.90 bits per heavy atom. The zero-order valence-electron chi connectivity index (χ0n) is 16.2. The van der Waals surface area contributed by atoms with Gasteiger partial charge in [-0.3, -0.25) is 14.4 Å². The molecule has 1 aliphatic rings. The first-order chi connectivity index (χ1) is 13.9. The molecule has 0 bridgehead atoms. The number of ether oxygens (including phenoxy) is 1. The standard InChI is InChI=1S/C21H22BrN3O4/c1-13(23-21(28)14-5-7-15(22)8-6-14)20(27)24-16-9-10-17(18(12-16)29-2)25-11-3-4-19(25)26/h5-10,12-13H,3-4,11H2,1-2H3,(H,23,28)(H,24,27)/t13-/m0/s1. The minimum Gasteiger partial charge on any atom is -0.494 e. The quantitative estimate of drug-likeness (QED) is 0.693. The average molecular weight is 460 g/mol. The fraction of sp³-hybridized carbons (Fsp3) is 0.286. The summed E-state index contributed by atoms with van der Waals surface area (Å²) < 4.78 is 6.27. The summed E-state index contributed by atoms with van der Waals surface area (Å²) >= 11 is 3.32. The zero-order valence-corrected chi connectivity index (χ0v) is 17.8. The minimum absolute atomic E-state index is 0.0596. The van der Waals surface area contributed by atoms with Gasteiger partial charge in [-0.1, -0.05) is 15.9 Å². The molecule has 0 unspecified atom stereocenters. The van der Waals surface area contributed by atoms with Crippen molar-refractivity contribution < 1.29 is 19.1 Å². The molecule has 1 atom stereocenters. The van der Waals surface area contributed by atoms with Crippen molar-refractivity contribution in [3.05, 3.63) is 52.5 Å². The second-order valence-electron chi connectivity index (χ2n) is 6.73. The van der Waals surface area contributed by atoms with E-state index in [1.807, 2.05) is 0 Å². The van der Waals surface area contributed by atoms with E-state index in [4.69, 9.17) is 4.74 Å². The molecule has 3 rings (SSSR count). The molecule has 1 fully saturated rings. The van der Waals surface area contributed by atoms with Gasteiger partial charge in [0, 0.05) is 34.8 Å². The van der Waals surface area contributed by atoms with Gasteiger partial charge in [0.1, 0.15) is 11.8 Å². The minimum atomic E-state index is -0.739. The third-order valence-electron chi connectivity index (χ3n) is 4.66. The number of halogens is 1. The molecule has 1 aliphatic heterocycles. The maximum atomic E-state index is 12.5. The summed E-state index contributed by atoms with van der Waals surface area (Å²) in [5, 5.41) is 5.44. The third-order valence-corrected chi connectivity index (χ3v) is 5.19. The summed E-state index contributed by atoms with van der Waals surface area (Å²) in [6, 6.07) is 11.3. The van der Waals surface area contributed by atoms with E-state index in [0.717, 1.165) is 10.9 Å². The van der Waals surface area contributed by atoms with E-state index >= 15 is 0 Å². The van der Waals surface area contributed by atoms with Gasteiger partial charge < -0.3 is 20.3 Å². The smallest absolute Gasteiger partial charge is 0.251 e. The van der Waals surface area contributed by atoms with Gasteiger partial charge in [-0.05, 0) is 49.7 Å². The average Bonchev–Trinajstić information content (AvgIpc) is 3.13. The second kappa shape index (κ2) is 9.09. The Hall–Kier alpha value is -2.87. The SMILES string of the molecule is COc1cc(NC(=O)[C@H](C)NC(=O)c2ccc(Br)cc2)ccc1N1CCCC1=O. The van der Waals surface area contributed by atoms with Gasteiger partial charge in [0.05, 0.1) is 12.8 Å². The van der Waals surface area contributed by atoms with E-state index in [0.29, 0.717) is 35.7 Å². The highest BCUT2D eigenvalue weighted by atomic mass is 79.9. The lowest BCUT2D eigenvalue weighted by molar-refractivity contribution is -0.118. The van der Waals surface area contributed by atoms with Crippen molar-refractivity contribution in [1.82, 2.24) is 5.32 Å². The highest BCUT2D eigenvalue weighted by Crippen LogP contribution is 2.33. The molecule has 2 aromatic carbocycles. The Labute approximate surface area is 177 Å². The number of rotatable bonds is 6. The van der Waals surface area contributed by atoms with Gasteiger partial charge in [0.2, 0.25) is 11.8 Å². The molecule has 1 heterocycles. The number of carbonyl (C=O) groups is 3. The fourth-order valence-electron chi connectivity index (χ4n) is 3.08. The lowest BCUT2D eigenvalue weighted by Crippen LogP contribution is -2.41. The molecule has 1 saturated heterocycles. The number of amides is 3. The van der Waals surface area contributed by atoms with Gasteiger partial charge in [-0.15, -0.1) is 0 Å². The first kappa shape index (κ1) is 20.9.